The molecule has 2 aromatic heterocycles. The number of nitrogens with zero attached hydrogens (tertiary/aromatic N) is 2. The maximum Gasteiger partial charge on any atom is 0.263 e. The fourth-order valence-corrected chi connectivity index (χ4v) is 14.3. The van der Waals surface area contributed by atoms with Crippen molar-refractivity contribution in [3.63, 3.8) is 0 Å². The van der Waals surface area contributed by atoms with Crippen molar-refractivity contribution >= 4 is 109 Å². The molecule has 8 aromatic rings. The van der Waals surface area contributed by atoms with Gasteiger partial charge in [0.25, 0.3) is 6.71 Å². The van der Waals surface area contributed by atoms with E-state index in [2.05, 4.69) is 187 Å². The summed E-state index contributed by atoms with van der Waals surface area (Å²) in [5, 5.41) is 6.35. The number of fused-ring (bicyclic) bond motifs is 8. The van der Waals surface area contributed by atoms with Gasteiger partial charge in [-0.1, -0.05) is 104 Å². The maximum absolute atomic E-state index is 7.00. The van der Waals surface area contributed by atoms with Crippen LogP contribution in [0.1, 0.15) is 36.8 Å². The molecule has 0 fully saturated rings. The molecule has 3 aliphatic carbocycles. The van der Waals surface area contributed by atoms with Crippen LogP contribution < -0.4 is 36.9 Å². The molecule has 3 unspecified atom stereocenters. The van der Waals surface area contributed by atoms with Crippen molar-refractivity contribution in [1.82, 2.24) is 0 Å². The average molecular weight is 802 g/mol. The first-order chi connectivity index (χ1) is 30.2. The van der Waals surface area contributed by atoms with Gasteiger partial charge in [0.2, 0.25) is 0 Å². The second-order valence-electron chi connectivity index (χ2n) is 17.3. The Bertz CT molecular complexity index is 3550. The van der Waals surface area contributed by atoms with Gasteiger partial charge < -0.3 is 18.6 Å². The van der Waals surface area contributed by atoms with Crippen molar-refractivity contribution in [2.45, 2.75) is 32.1 Å². The highest BCUT2D eigenvalue weighted by molar-refractivity contribution is 7.64. The lowest BCUT2D eigenvalue weighted by atomic mass is 9.33. The van der Waals surface area contributed by atoms with Gasteiger partial charge in [-0.25, -0.2) is 0 Å². The van der Waals surface area contributed by atoms with Gasteiger partial charge in [-0.2, -0.15) is 0 Å². The SMILES string of the molecule is CC1C=CC=CC1c1cc2c3c(c1)N(c1ccccc1)c1c4c(cc5oc6ccccc6c15)[P+](C1=CCCC=C1)=c1cc5oc6c(c5c(c1B34)N2c1ccccc1)CC=CC=6. The third-order valence-corrected chi connectivity index (χ3v) is 16.5. The first-order valence-corrected chi connectivity index (χ1v) is 23.1. The predicted octanol–water partition coefficient (Wildman–Crippen LogP) is 11.8. The first kappa shape index (κ1) is 34.0. The highest BCUT2D eigenvalue weighted by Gasteiger charge is 2.53. The van der Waals surface area contributed by atoms with Crippen LogP contribution in [0, 0.1) is 10.9 Å². The Morgan fingerprint density at radius 3 is 2.13 bits per heavy atom. The number of allylic oxidation sites excluding steroid dienone is 10. The molecular weight excluding hydrogens is 762 g/mol. The fourth-order valence-electron chi connectivity index (χ4n) is 11.4. The van der Waals surface area contributed by atoms with Gasteiger partial charge in [0.05, 0.1) is 16.8 Å². The smallest absolute Gasteiger partial charge is 0.263 e. The molecule has 0 N–H and O–H groups in total. The van der Waals surface area contributed by atoms with Gasteiger partial charge in [0.15, 0.2) is 17.8 Å². The van der Waals surface area contributed by atoms with E-state index in [4.69, 9.17) is 8.83 Å². The van der Waals surface area contributed by atoms with Gasteiger partial charge in [0.1, 0.15) is 27.5 Å². The van der Waals surface area contributed by atoms with E-state index in [1.807, 2.05) is 0 Å². The molecule has 0 bridgehead atoms. The van der Waals surface area contributed by atoms with E-state index < -0.39 is 7.55 Å². The number of hydrogen-bond acceptors (Lipinski definition) is 4. The van der Waals surface area contributed by atoms with Crippen LogP contribution in [0.25, 0.3) is 39.0 Å². The fraction of sp³-hybridized carbons (Fsp3) is 0.109. The Kier molecular flexibility index (Phi) is 7.02. The molecule has 288 valence electrons. The van der Waals surface area contributed by atoms with E-state index in [0.29, 0.717) is 5.92 Å². The van der Waals surface area contributed by atoms with Gasteiger partial charge in [0, 0.05) is 68.1 Å². The van der Waals surface area contributed by atoms with Crippen LogP contribution in [-0.4, -0.2) is 6.71 Å². The van der Waals surface area contributed by atoms with Crippen LogP contribution in [0.2, 0.25) is 0 Å². The van der Waals surface area contributed by atoms with Crippen LogP contribution in [0.4, 0.5) is 34.1 Å². The van der Waals surface area contributed by atoms with Gasteiger partial charge in [-0.3, -0.25) is 0 Å². The molecular formula is C55H39BN2O2P+. The second-order valence-corrected chi connectivity index (χ2v) is 19.4. The van der Waals surface area contributed by atoms with Crippen molar-refractivity contribution in [2.75, 3.05) is 9.80 Å². The normalized spacial score (nSPS) is 19.5. The molecule has 3 aliphatic heterocycles. The molecule has 3 atom stereocenters. The van der Waals surface area contributed by atoms with Crippen LogP contribution in [0.15, 0.2) is 178 Å². The zero-order valence-corrected chi connectivity index (χ0v) is 34.6. The lowest BCUT2D eigenvalue weighted by Gasteiger charge is -2.45. The van der Waals surface area contributed by atoms with Crippen LogP contribution >= 0.6 is 7.55 Å². The minimum absolute atomic E-state index is 0.0174. The molecule has 6 aromatic carbocycles. The molecule has 0 radical (unpaired) electrons. The third-order valence-electron chi connectivity index (χ3n) is 14.0. The van der Waals surface area contributed by atoms with E-state index in [9.17, 15) is 0 Å². The summed E-state index contributed by atoms with van der Waals surface area (Å²) in [7, 11) is -1.02. The summed E-state index contributed by atoms with van der Waals surface area (Å²) in [6.45, 7) is 2.34. The van der Waals surface area contributed by atoms with Gasteiger partial charge in [-0.05, 0) is 96.9 Å². The number of anilines is 6. The van der Waals surface area contributed by atoms with E-state index in [1.54, 1.807) is 0 Å². The van der Waals surface area contributed by atoms with Crippen LogP contribution in [0.3, 0.4) is 0 Å². The van der Waals surface area contributed by atoms with Gasteiger partial charge in [-0.15, -0.1) is 0 Å². The summed E-state index contributed by atoms with van der Waals surface area (Å²) in [4.78, 5) is 6.63. The van der Waals surface area contributed by atoms with E-state index in [1.165, 1.54) is 76.6 Å². The van der Waals surface area contributed by atoms with Crippen LogP contribution in [0.5, 0.6) is 0 Å². The Morgan fingerprint density at radius 1 is 0.656 bits per heavy atom. The molecule has 4 nitrogen and oxygen atoms in total. The van der Waals surface area contributed by atoms with E-state index >= 15 is 0 Å². The number of para-hydroxylation sites is 3. The minimum atomic E-state index is -1.02. The zero-order chi connectivity index (χ0) is 39.9. The minimum Gasteiger partial charge on any atom is -0.456 e. The van der Waals surface area contributed by atoms with Crippen molar-refractivity contribution < 1.29 is 8.83 Å². The number of rotatable bonds is 4. The van der Waals surface area contributed by atoms with Gasteiger partial charge >= 0.3 is 0 Å². The Labute approximate surface area is 354 Å². The highest BCUT2D eigenvalue weighted by Crippen LogP contribution is 2.54. The molecule has 0 saturated heterocycles. The van der Waals surface area contributed by atoms with Crippen molar-refractivity contribution in [3.8, 4) is 0 Å². The Hall–Kier alpha value is -6.81. The van der Waals surface area contributed by atoms with E-state index in [0.717, 1.165) is 58.2 Å². The Morgan fingerprint density at radius 2 is 1.38 bits per heavy atom. The lowest BCUT2D eigenvalue weighted by Crippen LogP contribution is -2.66. The lowest BCUT2D eigenvalue weighted by molar-refractivity contribution is 0.573. The first-order valence-electron chi connectivity index (χ1n) is 21.7. The van der Waals surface area contributed by atoms with E-state index in [-0.39, 0.29) is 12.6 Å². The number of furan rings is 2. The van der Waals surface area contributed by atoms with Crippen molar-refractivity contribution in [1.29, 1.82) is 0 Å². The van der Waals surface area contributed by atoms with Crippen LogP contribution in [-0.2, 0) is 6.42 Å². The number of benzene rings is 6. The summed E-state index contributed by atoms with van der Waals surface area (Å²) in [6.07, 6.45) is 26.0. The molecule has 0 amide bonds. The molecule has 0 spiro atoms. The molecule has 6 aliphatic rings. The summed E-state index contributed by atoms with van der Waals surface area (Å²) < 4.78 is 14.0. The zero-order valence-electron chi connectivity index (χ0n) is 33.7. The number of hydrogen-bond donors (Lipinski definition) is 0. The summed E-state index contributed by atoms with van der Waals surface area (Å²) in [5.74, 6) is 0.549. The molecule has 0 saturated carbocycles. The largest absolute Gasteiger partial charge is 0.456 e. The monoisotopic (exact) mass is 801 g/mol. The molecule has 6 heteroatoms. The summed E-state index contributed by atoms with van der Waals surface area (Å²) in [6, 6.07) is 40.8. The van der Waals surface area contributed by atoms with Crippen molar-refractivity contribution in [2.24, 2.45) is 5.92 Å². The summed E-state index contributed by atoms with van der Waals surface area (Å²) >= 11 is 0. The predicted molar refractivity (Wildman–Crippen MR) is 256 cm³/mol. The third kappa shape index (κ3) is 4.59. The molecule has 14 rings (SSSR count). The highest BCUT2D eigenvalue weighted by atomic mass is 31.1. The van der Waals surface area contributed by atoms with Crippen molar-refractivity contribution in [3.05, 3.63) is 191 Å². The Balaban J connectivity index is 1.26. The molecule has 5 heterocycles. The molecule has 61 heavy (non-hydrogen) atoms. The average Bonchev–Trinajstić information content (AvgIpc) is 3.88. The quantitative estimate of drug-likeness (QED) is 0.131. The second kappa shape index (κ2) is 12.6. The maximum atomic E-state index is 7.00. The summed E-state index contributed by atoms with van der Waals surface area (Å²) in [5.41, 5.74) is 17.9. The standard InChI is InChI=1S/C55H39BN2O2P/c1-33-17-11-12-24-38(33)34-29-41-51-42(30-34)58(36-20-7-3-8-21-36)55-50-40-26-14-16-28-44(40)60-46(50)32-48-53(55)56(51)52-47(61(48)37-22-9-4-10-23-37)31-45-49(39-25-13-15-27-43(39)59-45)54(52)57(41)35-18-5-2-6-19-35/h2-3,5-9,11-25,27-33,38H,4,10,26H2,1H3/q+1. The topological polar surface area (TPSA) is 32.8 Å².